The molecule has 1 rings (SSSR count). The molecule has 0 unspecified atom stereocenters. The number of rotatable bonds is 1. The molecular formula is C7H14ClNO2. The number of carbonyl (C=O) groups is 1. The Morgan fingerprint density at radius 3 is 2.64 bits per heavy atom. The van der Waals surface area contributed by atoms with Crippen LogP contribution in [0.25, 0.3) is 0 Å². The lowest BCUT2D eigenvalue weighted by atomic mass is 9.94. The maximum absolute atomic E-state index is 10.4. The molecule has 1 fully saturated rings. The lowest BCUT2D eigenvalue weighted by Gasteiger charge is -2.24. The van der Waals surface area contributed by atoms with Gasteiger partial charge in [0.1, 0.15) is 6.04 Å². The molecule has 0 spiro atoms. The summed E-state index contributed by atoms with van der Waals surface area (Å²) in [6.07, 6.45) is 1.87. The topological polar surface area (TPSA) is 49.3 Å². The summed E-state index contributed by atoms with van der Waals surface area (Å²) in [7, 11) is 0. The van der Waals surface area contributed by atoms with Gasteiger partial charge in [-0.1, -0.05) is 6.92 Å². The molecule has 0 radical (unpaired) electrons. The van der Waals surface area contributed by atoms with Crippen LogP contribution in [0.1, 0.15) is 19.8 Å². The summed E-state index contributed by atoms with van der Waals surface area (Å²) in [5.74, 6) is -0.158. The fourth-order valence-electron chi connectivity index (χ4n) is 1.30. The first-order chi connectivity index (χ1) is 4.70. The first-order valence-electron chi connectivity index (χ1n) is 3.66. The van der Waals surface area contributed by atoms with E-state index in [4.69, 9.17) is 5.11 Å². The standard InChI is InChI=1S/C7H13NO2.ClH/c1-5-2-3-8-6(4-5)7(9)10;/h5-6,8H,2-4H2,1H3,(H,9,10);1H/t5-,6-;/m1./s1. The third-order valence-corrected chi connectivity index (χ3v) is 1.96. The van der Waals surface area contributed by atoms with Gasteiger partial charge >= 0.3 is 5.97 Å². The van der Waals surface area contributed by atoms with Gasteiger partial charge in [-0.25, -0.2) is 0 Å². The maximum atomic E-state index is 10.4. The van der Waals surface area contributed by atoms with Gasteiger partial charge in [-0.3, -0.25) is 4.79 Å². The summed E-state index contributed by atoms with van der Waals surface area (Å²) in [5, 5.41) is 11.5. The Hall–Kier alpha value is -0.280. The second-order valence-corrected chi connectivity index (χ2v) is 2.97. The third-order valence-electron chi connectivity index (χ3n) is 1.96. The number of hydrogen-bond acceptors (Lipinski definition) is 2. The van der Waals surface area contributed by atoms with E-state index in [0.717, 1.165) is 19.4 Å². The molecule has 0 aromatic heterocycles. The van der Waals surface area contributed by atoms with Crippen molar-refractivity contribution in [3.8, 4) is 0 Å². The quantitative estimate of drug-likeness (QED) is 0.629. The molecule has 0 amide bonds. The fraction of sp³-hybridized carbons (Fsp3) is 0.857. The van der Waals surface area contributed by atoms with Crippen molar-refractivity contribution < 1.29 is 9.90 Å². The van der Waals surface area contributed by atoms with Crippen LogP contribution < -0.4 is 5.32 Å². The Balaban J connectivity index is 0.000001000. The van der Waals surface area contributed by atoms with E-state index in [1.165, 1.54) is 0 Å². The minimum absolute atomic E-state index is 0. The van der Waals surface area contributed by atoms with Crippen LogP contribution in [0.4, 0.5) is 0 Å². The number of nitrogens with one attached hydrogen (secondary N) is 1. The summed E-state index contributed by atoms with van der Waals surface area (Å²) in [5.41, 5.74) is 0. The maximum Gasteiger partial charge on any atom is 0.320 e. The highest BCUT2D eigenvalue weighted by atomic mass is 35.5. The zero-order valence-electron chi connectivity index (χ0n) is 6.54. The van der Waals surface area contributed by atoms with E-state index in [1.54, 1.807) is 0 Å². The fourth-order valence-corrected chi connectivity index (χ4v) is 1.30. The van der Waals surface area contributed by atoms with Gasteiger partial charge in [0, 0.05) is 0 Å². The smallest absolute Gasteiger partial charge is 0.320 e. The molecule has 0 aromatic rings. The molecule has 0 aliphatic carbocycles. The summed E-state index contributed by atoms with van der Waals surface area (Å²) in [6.45, 7) is 2.94. The average Bonchev–Trinajstić information content (AvgIpc) is 1.88. The Morgan fingerprint density at radius 1 is 1.64 bits per heavy atom. The van der Waals surface area contributed by atoms with Gasteiger partial charge in [0.15, 0.2) is 0 Å². The van der Waals surface area contributed by atoms with Crippen molar-refractivity contribution in [3.63, 3.8) is 0 Å². The zero-order valence-corrected chi connectivity index (χ0v) is 7.36. The lowest BCUT2D eigenvalue weighted by Crippen LogP contribution is -2.42. The minimum Gasteiger partial charge on any atom is -0.480 e. The molecular weight excluding hydrogens is 166 g/mol. The Kier molecular flexibility index (Phi) is 4.45. The highest BCUT2D eigenvalue weighted by Crippen LogP contribution is 2.14. The van der Waals surface area contributed by atoms with E-state index >= 15 is 0 Å². The summed E-state index contributed by atoms with van der Waals surface area (Å²) in [4.78, 5) is 10.4. The molecule has 0 aromatic carbocycles. The molecule has 1 heterocycles. The molecule has 0 bridgehead atoms. The second kappa shape index (κ2) is 4.57. The predicted octanol–water partition coefficient (Wildman–Crippen LogP) is 0.881. The van der Waals surface area contributed by atoms with E-state index in [1.807, 2.05) is 0 Å². The van der Waals surface area contributed by atoms with Gasteiger partial charge in [0.2, 0.25) is 0 Å². The molecule has 11 heavy (non-hydrogen) atoms. The Bertz CT molecular complexity index is 140. The average molecular weight is 180 g/mol. The molecule has 4 heteroatoms. The summed E-state index contributed by atoms with van der Waals surface area (Å²) in [6, 6.07) is -0.302. The van der Waals surface area contributed by atoms with Crippen LogP contribution in [0.2, 0.25) is 0 Å². The van der Waals surface area contributed by atoms with Crippen LogP contribution in [-0.4, -0.2) is 23.7 Å². The van der Waals surface area contributed by atoms with Crippen LogP contribution in [0.15, 0.2) is 0 Å². The Labute approximate surface area is 72.6 Å². The van der Waals surface area contributed by atoms with Crippen molar-refractivity contribution in [2.45, 2.75) is 25.8 Å². The lowest BCUT2D eigenvalue weighted by molar-refractivity contribution is -0.140. The van der Waals surface area contributed by atoms with E-state index in [9.17, 15) is 4.79 Å². The van der Waals surface area contributed by atoms with Crippen LogP contribution in [0.5, 0.6) is 0 Å². The molecule has 66 valence electrons. The normalized spacial score (nSPS) is 30.6. The van der Waals surface area contributed by atoms with Crippen molar-refractivity contribution in [1.82, 2.24) is 5.32 Å². The third kappa shape index (κ3) is 3.08. The number of carboxylic acids is 1. The van der Waals surface area contributed by atoms with Gasteiger partial charge in [0.05, 0.1) is 0 Å². The molecule has 1 saturated heterocycles. The zero-order chi connectivity index (χ0) is 7.56. The van der Waals surface area contributed by atoms with Gasteiger partial charge in [-0.05, 0) is 25.3 Å². The van der Waals surface area contributed by atoms with E-state index < -0.39 is 5.97 Å². The number of carboxylic acid groups (broad SMARTS) is 1. The number of halogens is 1. The first-order valence-corrected chi connectivity index (χ1v) is 3.66. The van der Waals surface area contributed by atoms with E-state index in [2.05, 4.69) is 12.2 Å². The second-order valence-electron chi connectivity index (χ2n) is 2.97. The number of piperidine rings is 1. The van der Waals surface area contributed by atoms with Gasteiger partial charge < -0.3 is 10.4 Å². The highest BCUT2D eigenvalue weighted by molar-refractivity contribution is 5.85. The largest absolute Gasteiger partial charge is 0.480 e. The molecule has 2 N–H and O–H groups in total. The van der Waals surface area contributed by atoms with Crippen molar-refractivity contribution in [2.75, 3.05) is 6.54 Å². The van der Waals surface area contributed by atoms with Crippen LogP contribution >= 0.6 is 12.4 Å². The minimum atomic E-state index is -0.716. The van der Waals surface area contributed by atoms with Crippen LogP contribution in [-0.2, 0) is 4.79 Å². The number of hydrogen-bond donors (Lipinski definition) is 2. The first kappa shape index (κ1) is 10.7. The SMILES string of the molecule is C[C@@H]1CCN[C@@H](C(=O)O)C1.Cl. The van der Waals surface area contributed by atoms with Crippen molar-refractivity contribution in [2.24, 2.45) is 5.92 Å². The molecule has 1 aliphatic heterocycles. The van der Waals surface area contributed by atoms with Crippen LogP contribution in [0.3, 0.4) is 0 Å². The molecule has 1 aliphatic rings. The van der Waals surface area contributed by atoms with Gasteiger partial charge in [-0.15, -0.1) is 12.4 Å². The van der Waals surface area contributed by atoms with Crippen LogP contribution in [0, 0.1) is 5.92 Å². The summed E-state index contributed by atoms with van der Waals surface area (Å²) >= 11 is 0. The van der Waals surface area contributed by atoms with Gasteiger partial charge in [0.25, 0.3) is 0 Å². The monoisotopic (exact) mass is 179 g/mol. The van der Waals surface area contributed by atoms with E-state index in [-0.39, 0.29) is 18.4 Å². The highest BCUT2D eigenvalue weighted by Gasteiger charge is 2.23. The molecule has 3 nitrogen and oxygen atoms in total. The van der Waals surface area contributed by atoms with E-state index in [0.29, 0.717) is 5.92 Å². The molecule has 2 atom stereocenters. The van der Waals surface area contributed by atoms with Crippen molar-refractivity contribution >= 4 is 18.4 Å². The van der Waals surface area contributed by atoms with Crippen molar-refractivity contribution in [1.29, 1.82) is 0 Å². The molecule has 0 saturated carbocycles. The number of aliphatic carboxylic acids is 1. The summed E-state index contributed by atoms with van der Waals surface area (Å²) < 4.78 is 0. The predicted molar refractivity (Wildman–Crippen MR) is 45.1 cm³/mol. The van der Waals surface area contributed by atoms with Crippen molar-refractivity contribution in [3.05, 3.63) is 0 Å². The Morgan fingerprint density at radius 2 is 2.27 bits per heavy atom. The van der Waals surface area contributed by atoms with Gasteiger partial charge in [-0.2, -0.15) is 0 Å².